The molecule has 0 aliphatic heterocycles. The molecule has 0 aliphatic rings. The number of pyridine rings is 1. The quantitative estimate of drug-likeness (QED) is 0.580. The maximum absolute atomic E-state index is 13.3. The van der Waals surface area contributed by atoms with Crippen LogP contribution in [0.3, 0.4) is 0 Å². The molecule has 4 heteroatoms. The molecule has 2 rings (SSSR count). The molecule has 0 saturated carbocycles. The van der Waals surface area contributed by atoms with Gasteiger partial charge in [0.1, 0.15) is 0 Å². The molecule has 3 nitrogen and oxygen atoms in total. The van der Waals surface area contributed by atoms with E-state index >= 15 is 0 Å². The lowest BCUT2D eigenvalue weighted by molar-refractivity contribution is 0.0600. The molecule has 0 bridgehead atoms. The summed E-state index contributed by atoms with van der Waals surface area (Å²) in [6.07, 6.45) is 2.60. The summed E-state index contributed by atoms with van der Waals surface area (Å²) < 4.78 is 17.9. The lowest BCUT2D eigenvalue weighted by Gasteiger charge is -1.98. The number of carbonyl (C=O) groups excluding carboxylic acids is 1. The Bertz CT molecular complexity index is 654. The zero-order valence-electron chi connectivity index (χ0n) is 10.2. The fraction of sp³-hybridized carbons (Fsp3) is 0.0667. The Hall–Kier alpha value is -2.67. The van der Waals surface area contributed by atoms with Crippen LogP contribution in [0.2, 0.25) is 0 Å². The van der Waals surface area contributed by atoms with Gasteiger partial charge in [-0.1, -0.05) is 11.8 Å². The van der Waals surface area contributed by atoms with Crippen LogP contribution < -0.4 is 0 Å². The average Bonchev–Trinajstić information content (AvgIpc) is 2.46. The number of methoxy groups -OCH3 is 1. The van der Waals surface area contributed by atoms with Gasteiger partial charge in [0.2, 0.25) is 0 Å². The second kappa shape index (κ2) is 5.78. The third-order valence-corrected chi connectivity index (χ3v) is 2.42. The molecule has 1 heterocycles. The van der Waals surface area contributed by atoms with Crippen LogP contribution in [0, 0.1) is 17.7 Å². The second-order valence-electron chi connectivity index (χ2n) is 3.67. The minimum absolute atomic E-state index is 0.284. The number of rotatable bonds is 1. The van der Waals surface area contributed by atoms with Crippen LogP contribution in [0.25, 0.3) is 0 Å². The van der Waals surface area contributed by atoms with E-state index in [0.717, 1.165) is 6.20 Å². The van der Waals surface area contributed by atoms with E-state index in [9.17, 15) is 9.18 Å². The predicted molar refractivity (Wildman–Crippen MR) is 68.0 cm³/mol. The number of carbonyl (C=O) groups is 1. The topological polar surface area (TPSA) is 39.2 Å². The number of ether oxygens (including phenoxy) is 1. The molecule has 19 heavy (non-hydrogen) atoms. The third-order valence-electron chi connectivity index (χ3n) is 2.42. The molecule has 0 aliphatic carbocycles. The van der Waals surface area contributed by atoms with Crippen molar-refractivity contribution in [2.75, 3.05) is 7.11 Å². The number of hydrogen-bond acceptors (Lipinski definition) is 3. The molecule has 0 radical (unpaired) electrons. The van der Waals surface area contributed by atoms with Gasteiger partial charge < -0.3 is 4.74 Å². The van der Waals surface area contributed by atoms with Gasteiger partial charge in [-0.15, -0.1) is 0 Å². The maximum atomic E-state index is 13.3. The van der Waals surface area contributed by atoms with Crippen LogP contribution >= 0.6 is 0 Å². The van der Waals surface area contributed by atoms with Crippen LogP contribution in [0.15, 0.2) is 42.7 Å². The molecule has 1 aromatic carbocycles. The molecule has 2 aromatic rings. The highest BCUT2D eigenvalue weighted by atomic mass is 19.1. The Kier molecular flexibility index (Phi) is 3.89. The van der Waals surface area contributed by atoms with Crippen molar-refractivity contribution in [1.29, 1.82) is 0 Å². The molecule has 0 unspecified atom stereocenters. The van der Waals surface area contributed by atoms with Crippen molar-refractivity contribution < 1.29 is 13.9 Å². The summed E-state index contributed by atoms with van der Waals surface area (Å²) in [5.74, 6) is 4.67. The zero-order valence-corrected chi connectivity index (χ0v) is 10.2. The highest BCUT2D eigenvalue weighted by Gasteiger charge is 2.03. The van der Waals surface area contributed by atoms with Gasteiger partial charge in [-0.3, -0.25) is 4.98 Å². The van der Waals surface area contributed by atoms with Gasteiger partial charge in [-0.25, -0.2) is 9.18 Å². The van der Waals surface area contributed by atoms with Gasteiger partial charge in [-0.2, -0.15) is 0 Å². The predicted octanol–water partition coefficient (Wildman–Crippen LogP) is 2.41. The van der Waals surface area contributed by atoms with E-state index in [1.54, 1.807) is 24.3 Å². The molecular weight excluding hydrogens is 245 g/mol. The summed E-state index contributed by atoms with van der Waals surface area (Å²) in [6, 6.07) is 8.08. The molecular formula is C15H10FNO2. The Morgan fingerprint density at radius 1 is 1.21 bits per heavy atom. The van der Waals surface area contributed by atoms with Crippen LogP contribution in [-0.4, -0.2) is 18.1 Å². The van der Waals surface area contributed by atoms with E-state index in [4.69, 9.17) is 0 Å². The summed E-state index contributed by atoms with van der Waals surface area (Å²) in [7, 11) is 1.32. The number of benzene rings is 1. The van der Waals surface area contributed by atoms with Crippen LogP contribution in [0.4, 0.5) is 4.39 Å². The van der Waals surface area contributed by atoms with Crippen LogP contribution in [0.5, 0.6) is 0 Å². The minimum atomic E-state index is -0.457. The molecule has 94 valence electrons. The van der Waals surface area contributed by atoms with E-state index in [0.29, 0.717) is 11.1 Å². The van der Waals surface area contributed by atoms with Crippen molar-refractivity contribution in [1.82, 2.24) is 4.98 Å². The minimum Gasteiger partial charge on any atom is -0.465 e. The number of halogens is 1. The fourth-order valence-corrected chi connectivity index (χ4v) is 1.42. The van der Waals surface area contributed by atoms with E-state index in [1.807, 2.05) is 0 Å². The number of aromatic nitrogens is 1. The Labute approximate surface area is 110 Å². The summed E-state index contributed by atoms with van der Waals surface area (Å²) in [6.45, 7) is 0. The largest absolute Gasteiger partial charge is 0.465 e. The van der Waals surface area contributed by atoms with Gasteiger partial charge in [0.15, 0.2) is 5.82 Å². The molecule has 1 aromatic heterocycles. The smallest absolute Gasteiger partial charge is 0.337 e. The summed E-state index contributed by atoms with van der Waals surface area (Å²) >= 11 is 0. The summed E-state index contributed by atoms with van der Waals surface area (Å²) in [5, 5.41) is 0. The Balaban J connectivity index is 2.22. The van der Waals surface area contributed by atoms with Crippen molar-refractivity contribution in [2.45, 2.75) is 0 Å². The van der Waals surface area contributed by atoms with E-state index < -0.39 is 11.8 Å². The van der Waals surface area contributed by atoms with Crippen LogP contribution in [-0.2, 0) is 4.74 Å². The molecule has 0 amide bonds. The van der Waals surface area contributed by atoms with Gasteiger partial charge in [0.25, 0.3) is 0 Å². The number of esters is 1. The van der Waals surface area contributed by atoms with Crippen molar-refractivity contribution >= 4 is 5.97 Å². The lowest BCUT2D eigenvalue weighted by atomic mass is 10.1. The van der Waals surface area contributed by atoms with Gasteiger partial charge in [0.05, 0.1) is 24.4 Å². The van der Waals surface area contributed by atoms with Gasteiger partial charge >= 0.3 is 5.97 Å². The highest BCUT2D eigenvalue weighted by Crippen LogP contribution is 2.06. The number of hydrogen-bond donors (Lipinski definition) is 0. The first kappa shape index (κ1) is 12.8. The number of nitrogens with zero attached hydrogens (tertiary/aromatic N) is 1. The zero-order chi connectivity index (χ0) is 13.7. The van der Waals surface area contributed by atoms with Crippen molar-refractivity contribution in [3.05, 3.63) is 65.2 Å². The Morgan fingerprint density at radius 3 is 2.58 bits per heavy atom. The normalized spacial score (nSPS) is 9.37. The van der Waals surface area contributed by atoms with Crippen molar-refractivity contribution in [3.8, 4) is 11.8 Å². The maximum Gasteiger partial charge on any atom is 0.337 e. The molecule has 0 atom stereocenters. The first-order valence-corrected chi connectivity index (χ1v) is 5.50. The molecule has 0 saturated heterocycles. The molecule has 0 spiro atoms. The van der Waals surface area contributed by atoms with Crippen LogP contribution in [0.1, 0.15) is 21.5 Å². The first-order valence-electron chi connectivity index (χ1n) is 5.50. The van der Waals surface area contributed by atoms with E-state index in [1.165, 1.54) is 19.4 Å². The summed E-state index contributed by atoms with van der Waals surface area (Å²) in [5.41, 5.74) is 1.42. The molecule has 0 fully saturated rings. The first-order chi connectivity index (χ1) is 9.20. The van der Waals surface area contributed by atoms with E-state index in [-0.39, 0.29) is 5.56 Å². The van der Waals surface area contributed by atoms with Gasteiger partial charge in [-0.05, 0) is 30.3 Å². The third kappa shape index (κ3) is 3.17. The lowest BCUT2D eigenvalue weighted by Crippen LogP contribution is -2.00. The van der Waals surface area contributed by atoms with Crippen molar-refractivity contribution in [2.24, 2.45) is 0 Å². The van der Waals surface area contributed by atoms with Gasteiger partial charge in [0, 0.05) is 11.8 Å². The standard InChI is InChI=1S/C15H10FNO2/c1-19-15(18)13-6-3-11(4-7-13)2-5-12-8-9-17-10-14(12)16/h3-4,6-10H,1H3. The second-order valence-corrected chi connectivity index (χ2v) is 3.67. The molecule has 0 N–H and O–H groups in total. The SMILES string of the molecule is COC(=O)c1ccc(C#Cc2ccncc2F)cc1. The Morgan fingerprint density at radius 2 is 1.95 bits per heavy atom. The monoisotopic (exact) mass is 255 g/mol. The van der Waals surface area contributed by atoms with Crippen molar-refractivity contribution in [3.63, 3.8) is 0 Å². The highest BCUT2D eigenvalue weighted by molar-refractivity contribution is 5.89. The average molecular weight is 255 g/mol. The summed E-state index contributed by atoms with van der Waals surface area (Å²) in [4.78, 5) is 14.9. The fourth-order valence-electron chi connectivity index (χ4n) is 1.42. The van der Waals surface area contributed by atoms with E-state index in [2.05, 4.69) is 21.6 Å².